The minimum Gasteiger partial charge on any atom is -0.493 e. The van der Waals surface area contributed by atoms with Crippen LogP contribution in [-0.2, 0) is 6.42 Å². The molecule has 2 heterocycles. The molecule has 0 radical (unpaired) electrons. The zero-order valence-electron chi connectivity index (χ0n) is 11.5. The van der Waals surface area contributed by atoms with Crippen molar-refractivity contribution in [1.29, 1.82) is 0 Å². The third-order valence-corrected chi connectivity index (χ3v) is 5.35. The summed E-state index contributed by atoms with van der Waals surface area (Å²) in [6, 6.07) is 6.83. The number of thiophene rings is 1. The number of benzene rings is 1. The highest BCUT2D eigenvalue weighted by molar-refractivity contribution is 9.10. The molecule has 1 aliphatic rings. The van der Waals surface area contributed by atoms with E-state index in [4.69, 9.17) is 4.74 Å². The number of hydrogen-bond donors (Lipinski definition) is 1. The van der Waals surface area contributed by atoms with Gasteiger partial charge in [0, 0.05) is 16.3 Å². The second-order valence-corrected chi connectivity index (χ2v) is 6.63. The summed E-state index contributed by atoms with van der Waals surface area (Å²) in [4.78, 5) is 0. The molecule has 4 heteroatoms. The molecule has 1 aromatic heterocycles. The first-order valence-electron chi connectivity index (χ1n) is 7.00. The zero-order valence-corrected chi connectivity index (χ0v) is 13.9. The van der Waals surface area contributed by atoms with E-state index < -0.39 is 0 Å². The fourth-order valence-corrected chi connectivity index (χ4v) is 4.13. The number of fused-ring (bicyclic) bond motifs is 1. The summed E-state index contributed by atoms with van der Waals surface area (Å²) in [6.07, 6.45) is 2.15. The molecule has 0 saturated heterocycles. The number of halogens is 1. The fraction of sp³-hybridized carbons (Fsp3) is 0.375. The van der Waals surface area contributed by atoms with Gasteiger partial charge in [-0.25, -0.2) is 0 Å². The molecule has 0 fully saturated rings. The van der Waals surface area contributed by atoms with Gasteiger partial charge in [-0.3, -0.25) is 0 Å². The van der Waals surface area contributed by atoms with Crippen LogP contribution in [0.2, 0.25) is 0 Å². The molecule has 1 aromatic carbocycles. The Balaban J connectivity index is 1.94. The van der Waals surface area contributed by atoms with E-state index in [9.17, 15) is 0 Å². The van der Waals surface area contributed by atoms with Crippen molar-refractivity contribution >= 4 is 27.3 Å². The molecule has 0 saturated carbocycles. The lowest BCUT2D eigenvalue weighted by atomic mass is 9.98. The monoisotopic (exact) mass is 351 g/mol. The van der Waals surface area contributed by atoms with Crippen molar-refractivity contribution in [2.24, 2.45) is 0 Å². The largest absolute Gasteiger partial charge is 0.493 e. The normalized spacial score (nSPS) is 14.9. The second-order valence-electron chi connectivity index (χ2n) is 5.03. The molecule has 1 unspecified atom stereocenters. The third kappa shape index (κ3) is 2.78. The van der Waals surface area contributed by atoms with Crippen LogP contribution in [0.15, 0.2) is 33.4 Å². The Labute approximate surface area is 132 Å². The maximum Gasteiger partial charge on any atom is 0.122 e. The number of nitrogens with one attached hydrogen (secondary N) is 1. The van der Waals surface area contributed by atoms with Crippen LogP contribution in [0.4, 0.5) is 0 Å². The molecule has 1 aliphatic heterocycles. The van der Waals surface area contributed by atoms with Crippen LogP contribution >= 0.6 is 27.3 Å². The predicted octanol–water partition coefficient (Wildman–Crippen LogP) is 4.53. The molecule has 0 amide bonds. The highest BCUT2D eigenvalue weighted by atomic mass is 79.9. The van der Waals surface area contributed by atoms with E-state index in [0.717, 1.165) is 31.7 Å². The van der Waals surface area contributed by atoms with Crippen LogP contribution in [0.25, 0.3) is 0 Å². The molecular weight excluding hydrogens is 334 g/mol. The maximum absolute atomic E-state index is 5.60. The van der Waals surface area contributed by atoms with Gasteiger partial charge >= 0.3 is 0 Å². The van der Waals surface area contributed by atoms with E-state index in [1.165, 1.54) is 21.2 Å². The lowest BCUT2D eigenvalue weighted by molar-refractivity contribution is 0.357. The lowest BCUT2D eigenvalue weighted by Gasteiger charge is -2.19. The highest BCUT2D eigenvalue weighted by Gasteiger charge is 2.20. The van der Waals surface area contributed by atoms with Gasteiger partial charge in [-0.1, -0.05) is 19.1 Å². The summed E-state index contributed by atoms with van der Waals surface area (Å²) in [6.45, 7) is 4.03. The molecule has 1 N–H and O–H groups in total. The molecule has 3 rings (SSSR count). The zero-order chi connectivity index (χ0) is 13.9. The van der Waals surface area contributed by atoms with Gasteiger partial charge in [0.05, 0.1) is 12.6 Å². The van der Waals surface area contributed by atoms with E-state index in [1.54, 1.807) is 11.3 Å². The molecule has 106 valence electrons. The van der Waals surface area contributed by atoms with Gasteiger partial charge in [-0.2, -0.15) is 11.3 Å². The highest BCUT2D eigenvalue weighted by Crippen LogP contribution is 2.34. The number of rotatable bonds is 5. The van der Waals surface area contributed by atoms with Crippen molar-refractivity contribution in [3.63, 3.8) is 0 Å². The van der Waals surface area contributed by atoms with Crippen LogP contribution < -0.4 is 10.1 Å². The molecule has 0 bridgehead atoms. The summed E-state index contributed by atoms with van der Waals surface area (Å²) in [7, 11) is 0. The summed E-state index contributed by atoms with van der Waals surface area (Å²) in [5, 5.41) is 8.02. The Morgan fingerprint density at radius 2 is 2.30 bits per heavy atom. The van der Waals surface area contributed by atoms with Gasteiger partial charge in [0.15, 0.2) is 0 Å². The minimum atomic E-state index is 0.251. The lowest BCUT2D eigenvalue weighted by Crippen LogP contribution is -2.23. The van der Waals surface area contributed by atoms with Crippen LogP contribution in [0.1, 0.15) is 36.1 Å². The van der Waals surface area contributed by atoms with Crippen LogP contribution in [0.3, 0.4) is 0 Å². The molecular formula is C16H18BrNOS. The second kappa shape index (κ2) is 6.29. The quantitative estimate of drug-likeness (QED) is 0.853. The Kier molecular flexibility index (Phi) is 4.44. The van der Waals surface area contributed by atoms with Crippen molar-refractivity contribution in [3.8, 4) is 5.75 Å². The molecule has 2 aromatic rings. The number of ether oxygens (including phenoxy) is 1. The third-order valence-electron chi connectivity index (χ3n) is 3.60. The Morgan fingerprint density at radius 1 is 1.40 bits per heavy atom. The summed E-state index contributed by atoms with van der Waals surface area (Å²) >= 11 is 5.40. The first-order valence-corrected chi connectivity index (χ1v) is 8.73. The van der Waals surface area contributed by atoms with Crippen LogP contribution in [-0.4, -0.2) is 13.2 Å². The summed E-state index contributed by atoms with van der Waals surface area (Å²) in [5.74, 6) is 1.05. The molecule has 0 spiro atoms. The van der Waals surface area contributed by atoms with Crippen molar-refractivity contribution in [2.75, 3.05) is 13.2 Å². The summed E-state index contributed by atoms with van der Waals surface area (Å²) in [5.41, 5.74) is 3.97. The van der Waals surface area contributed by atoms with Crippen molar-refractivity contribution in [3.05, 3.63) is 50.1 Å². The van der Waals surface area contributed by atoms with Gasteiger partial charge in [0.2, 0.25) is 0 Å². The van der Waals surface area contributed by atoms with E-state index in [-0.39, 0.29) is 6.04 Å². The minimum absolute atomic E-state index is 0.251. The van der Waals surface area contributed by atoms with Gasteiger partial charge in [0.25, 0.3) is 0 Å². The molecule has 1 atom stereocenters. The van der Waals surface area contributed by atoms with Crippen molar-refractivity contribution < 1.29 is 4.74 Å². The van der Waals surface area contributed by atoms with Crippen molar-refractivity contribution in [2.45, 2.75) is 25.8 Å². The van der Waals surface area contributed by atoms with Crippen molar-refractivity contribution in [1.82, 2.24) is 5.32 Å². The van der Waals surface area contributed by atoms with E-state index >= 15 is 0 Å². The Morgan fingerprint density at radius 3 is 3.05 bits per heavy atom. The number of hydrogen-bond acceptors (Lipinski definition) is 3. The van der Waals surface area contributed by atoms with Crippen LogP contribution in [0.5, 0.6) is 5.75 Å². The van der Waals surface area contributed by atoms with E-state index in [1.807, 2.05) is 0 Å². The van der Waals surface area contributed by atoms with Gasteiger partial charge in [-0.15, -0.1) is 0 Å². The van der Waals surface area contributed by atoms with Gasteiger partial charge in [-0.05, 0) is 57.0 Å². The average molecular weight is 352 g/mol. The van der Waals surface area contributed by atoms with E-state index in [2.05, 4.69) is 57.1 Å². The van der Waals surface area contributed by atoms with Crippen LogP contribution in [0, 0.1) is 0 Å². The smallest absolute Gasteiger partial charge is 0.122 e. The topological polar surface area (TPSA) is 21.3 Å². The average Bonchev–Trinajstić information content (AvgIpc) is 3.08. The fourth-order valence-electron chi connectivity index (χ4n) is 2.58. The first kappa shape index (κ1) is 14.1. The standard InChI is InChI=1S/C16H18BrNOS/c1-2-6-18-16(13-9-20-10-14(13)17)12-3-4-15-11(8-12)5-7-19-15/h3-4,8-10,16,18H,2,5-7H2,1H3. The van der Waals surface area contributed by atoms with Gasteiger partial charge < -0.3 is 10.1 Å². The summed E-state index contributed by atoms with van der Waals surface area (Å²) < 4.78 is 6.79. The first-order chi connectivity index (χ1) is 9.79. The van der Waals surface area contributed by atoms with Gasteiger partial charge in [0.1, 0.15) is 5.75 Å². The molecule has 0 aliphatic carbocycles. The maximum atomic E-state index is 5.60. The molecule has 20 heavy (non-hydrogen) atoms. The predicted molar refractivity (Wildman–Crippen MR) is 87.8 cm³/mol. The Hall–Kier alpha value is -0.840. The SMILES string of the molecule is CCCNC(c1ccc2c(c1)CCO2)c1cscc1Br. The van der Waals surface area contributed by atoms with E-state index in [0.29, 0.717) is 0 Å². The Bertz CT molecular complexity index is 596. The molecule has 2 nitrogen and oxygen atoms in total.